The molecule has 0 aromatic carbocycles. The maximum Gasteiger partial charge on any atom is 0.338 e. The number of ether oxygens (including phenoxy) is 2. The van der Waals surface area contributed by atoms with Crippen molar-refractivity contribution >= 4 is 17.9 Å². The van der Waals surface area contributed by atoms with Crippen LogP contribution in [0.5, 0.6) is 0 Å². The van der Waals surface area contributed by atoms with Gasteiger partial charge < -0.3 is 9.47 Å². The van der Waals surface area contributed by atoms with Gasteiger partial charge in [0, 0.05) is 30.8 Å². The van der Waals surface area contributed by atoms with Gasteiger partial charge >= 0.3 is 17.9 Å². The Labute approximate surface area is 149 Å². The van der Waals surface area contributed by atoms with Gasteiger partial charge in [-0.15, -0.1) is 6.58 Å². The highest BCUT2D eigenvalue weighted by Crippen LogP contribution is 2.56. The zero-order chi connectivity index (χ0) is 19.0. The fourth-order valence-electron chi connectivity index (χ4n) is 4.76. The minimum atomic E-state index is -1.04. The minimum absolute atomic E-state index is 0.0153. The number of rotatable bonds is 3. The summed E-state index contributed by atoms with van der Waals surface area (Å²) in [5.41, 5.74) is -0.919. The first kappa shape index (κ1) is 19.4. The van der Waals surface area contributed by atoms with E-state index in [4.69, 9.17) is 9.47 Å². The Kier molecular flexibility index (Phi) is 5.26. The third-order valence-corrected chi connectivity index (χ3v) is 5.73. The average molecular weight is 348 g/mol. The standard InChI is InChI=1S/C20H28O5/c1-7-19(6)9-8-15(12(2)3)20(25-14(5)21)11-13(4)10-16(22)24-18(23)17(19)20/h7,10,12,15,17H,1,8-9,11H2,2-6H3/b13-10-. The first-order valence-electron chi connectivity index (χ1n) is 8.81. The molecule has 0 N–H and O–H groups in total. The van der Waals surface area contributed by atoms with Gasteiger partial charge in [0.25, 0.3) is 0 Å². The van der Waals surface area contributed by atoms with Crippen LogP contribution in [0.15, 0.2) is 24.3 Å². The van der Waals surface area contributed by atoms with Gasteiger partial charge in [-0.1, -0.05) is 32.4 Å². The zero-order valence-electron chi connectivity index (χ0n) is 15.8. The quantitative estimate of drug-likeness (QED) is 0.443. The van der Waals surface area contributed by atoms with Crippen molar-refractivity contribution in [2.45, 2.75) is 59.5 Å². The molecule has 5 nitrogen and oxygen atoms in total. The third-order valence-electron chi connectivity index (χ3n) is 5.73. The Balaban J connectivity index is 2.74. The van der Waals surface area contributed by atoms with Gasteiger partial charge in [0.2, 0.25) is 0 Å². The lowest BCUT2D eigenvalue weighted by Crippen LogP contribution is -2.62. The van der Waals surface area contributed by atoms with Crippen molar-refractivity contribution in [1.82, 2.24) is 0 Å². The second-order valence-corrected chi connectivity index (χ2v) is 7.99. The molecule has 1 fully saturated rings. The molecule has 1 aliphatic carbocycles. The highest BCUT2D eigenvalue weighted by Gasteiger charge is 2.62. The summed E-state index contributed by atoms with van der Waals surface area (Å²) < 4.78 is 11.0. The molecule has 0 bridgehead atoms. The number of carbonyl (C=O) groups excluding carboxylic acids is 3. The number of hydrogen-bond donors (Lipinski definition) is 0. The SMILES string of the molecule is C=CC1(C)CCC(C(C)C)C2(OC(C)=O)C/C(C)=C\C(=O)OC(=O)C12. The summed E-state index contributed by atoms with van der Waals surface area (Å²) in [6.07, 6.45) is 4.91. The second kappa shape index (κ2) is 6.77. The fourth-order valence-corrected chi connectivity index (χ4v) is 4.76. The Morgan fingerprint density at radius 2 is 2.08 bits per heavy atom. The minimum Gasteiger partial charge on any atom is -0.458 e. The molecule has 1 aliphatic heterocycles. The van der Waals surface area contributed by atoms with Crippen LogP contribution in [0.3, 0.4) is 0 Å². The highest BCUT2D eigenvalue weighted by atomic mass is 16.6. The van der Waals surface area contributed by atoms with Gasteiger partial charge in [-0.05, 0) is 25.7 Å². The number of carbonyl (C=O) groups is 3. The summed E-state index contributed by atoms with van der Waals surface area (Å²) >= 11 is 0. The first-order chi connectivity index (χ1) is 11.6. The molecule has 0 radical (unpaired) electrons. The molecule has 1 heterocycles. The largest absolute Gasteiger partial charge is 0.458 e. The lowest BCUT2D eigenvalue weighted by molar-refractivity contribution is -0.207. The third kappa shape index (κ3) is 3.42. The van der Waals surface area contributed by atoms with E-state index in [0.717, 1.165) is 18.4 Å². The van der Waals surface area contributed by atoms with Gasteiger partial charge in [0.1, 0.15) is 11.5 Å². The molecule has 0 saturated heterocycles. The smallest absolute Gasteiger partial charge is 0.338 e. The van der Waals surface area contributed by atoms with Crippen molar-refractivity contribution in [2.75, 3.05) is 0 Å². The number of cyclic esters (lactones) is 2. The molecule has 4 unspecified atom stereocenters. The van der Waals surface area contributed by atoms with Gasteiger partial charge in [0.15, 0.2) is 0 Å². The molecule has 138 valence electrons. The molecule has 4 atom stereocenters. The number of allylic oxidation sites excluding steroid dienone is 1. The van der Waals surface area contributed by atoms with Crippen LogP contribution in [-0.4, -0.2) is 23.5 Å². The average Bonchev–Trinajstić information content (AvgIpc) is 2.44. The van der Waals surface area contributed by atoms with Gasteiger partial charge in [-0.25, -0.2) is 4.79 Å². The Hall–Kier alpha value is -1.91. The Morgan fingerprint density at radius 1 is 1.44 bits per heavy atom. The predicted octanol–water partition coefficient (Wildman–Crippen LogP) is 3.58. The van der Waals surface area contributed by atoms with Crippen LogP contribution in [0.1, 0.15) is 53.9 Å². The normalized spacial score (nSPS) is 37.9. The van der Waals surface area contributed by atoms with E-state index >= 15 is 0 Å². The van der Waals surface area contributed by atoms with Gasteiger partial charge in [-0.3, -0.25) is 9.59 Å². The van der Waals surface area contributed by atoms with Crippen molar-refractivity contribution in [2.24, 2.45) is 23.2 Å². The molecule has 5 heteroatoms. The van der Waals surface area contributed by atoms with Gasteiger partial charge in [0.05, 0.1) is 0 Å². The van der Waals surface area contributed by atoms with E-state index in [2.05, 4.69) is 20.4 Å². The van der Waals surface area contributed by atoms with Crippen LogP contribution in [0.4, 0.5) is 0 Å². The van der Waals surface area contributed by atoms with Crippen molar-refractivity contribution in [3.63, 3.8) is 0 Å². The fraction of sp³-hybridized carbons (Fsp3) is 0.650. The van der Waals surface area contributed by atoms with E-state index in [9.17, 15) is 14.4 Å². The van der Waals surface area contributed by atoms with E-state index in [1.54, 1.807) is 13.0 Å². The topological polar surface area (TPSA) is 69.7 Å². The number of fused-ring (bicyclic) bond motifs is 1. The molecule has 0 amide bonds. The summed E-state index contributed by atoms with van der Waals surface area (Å²) in [6, 6.07) is 0. The van der Waals surface area contributed by atoms with Crippen molar-refractivity contribution in [3.05, 3.63) is 24.3 Å². The van der Waals surface area contributed by atoms with Crippen LogP contribution in [0.2, 0.25) is 0 Å². The molecule has 2 aliphatic rings. The zero-order valence-corrected chi connectivity index (χ0v) is 15.8. The van der Waals surface area contributed by atoms with Crippen LogP contribution in [0.25, 0.3) is 0 Å². The summed E-state index contributed by atoms with van der Waals surface area (Å²) in [5.74, 6) is -2.32. The molecule has 25 heavy (non-hydrogen) atoms. The lowest BCUT2D eigenvalue weighted by Gasteiger charge is -2.55. The summed E-state index contributed by atoms with van der Waals surface area (Å²) in [4.78, 5) is 36.9. The van der Waals surface area contributed by atoms with E-state index < -0.39 is 34.8 Å². The van der Waals surface area contributed by atoms with Crippen LogP contribution < -0.4 is 0 Å². The van der Waals surface area contributed by atoms with Crippen molar-refractivity contribution in [3.8, 4) is 0 Å². The molecule has 1 saturated carbocycles. The molecule has 0 aromatic heterocycles. The van der Waals surface area contributed by atoms with E-state index in [1.165, 1.54) is 13.0 Å². The molecule has 0 spiro atoms. The van der Waals surface area contributed by atoms with Crippen LogP contribution >= 0.6 is 0 Å². The van der Waals surface area contributed by atoms with Crippen LogP contribution in [-0.2, 0) is 23.9 Å². The Morgan fingerprint density at radius 3 is 2.60 bits per heavy atom. The number of hydrogen-bond acceptors (Lipinski definition) is 5. The predicted molar refractivity (Wildman–Crippen MR) is 93.3 cm³/mol. The maximum atomic E-state index is 12.9. The lowest BCUT2D eigenvalue weighted by atomic mass is 9.53. The van der Waals surface area contributed by atoms with Crippen molar-refractivity contribution < 1.29 is 23.9 Å². The molecule has 2 rings (SSSR count). The molecular weight excluding hydrogens is 320 g/mol. The first-order valence-corrected chi connectivity index (χ1v) is 8.81. The summed E-state index contributed by atoms with van der Waals surface area (Å²) in [6.45, 7) is 13.1. The summed E-state index contributed by atoms with van der Waals surface area (Å²) in [7, 11) is 0. The Bertz CT molecular complexity index is 632. The highest BCUT2D eigenvalue weighted by molar-refractivity contribution is 5.95. The number of esters is 3. The monoisotopic (exact) mass is 348 g/mol. The molecular formula is C20H28O5. The van der Waals surface area contributed by atoms with Crippen molar-refractivity contribution in [1.29, 1.82) is 0 Å². The maximum absolute atomic E-state index is 12.9. The van der Waals surface area contributed by atoms with E-state index in [1.807, 2.05) is 6.92 Å². The second-order valence-electron chi connectivity index (χ2n) is 7.99. The summed E-state index contributed by atoms with van der Waals surface area (Å²) in [5, 5.41) is 0. The van der Waals surface area contributed by atoms with Gasteiger partial charge in [-0.2, -0.15) is 0 Å². The van der Waals surface area contributed by atoms with Crippen LogP contribution in [0, 0.1) is 23.2 Å². The van der Waals surface area contributed by atoms with E-state index in [-0.39, 0.29) is 11.8 Å². The molecule has 0 aromatic rings. The van der Waals surface area contributed by atoms with E-state index in [0.29, 0.717) is 6.42 Å².